The summed E-state index contributed by atoms with van der Waals surface area (Å²) >= 11 is 1.15. The molecule has 3 aromatic rings. The third kappa shape index (κ3) is 4.25. The van der Waals surface area contributed by atoms with Gasteiger partial charge < -0.3 is 5.11 Å². The lowest BCUT2D eigenvalue weighted by Gasteiger charge is -2.20. The van der Waals surface area contributed by atoms with Crippen molar-refractivity contribution < 1.29 is 9.90 Å². The van der Waals surface area contributed by atoms with Crippen LogP contribution in [0, 0.1) is 0 Å². The molecule has 2 aromatic carbocycles. The number of thioether (sulfide) groups is 1. The average molecular weight is 395 g/mol. The molecule has 1 aliphatic rings. The molecule has 0 spiro atoms. The molecule has 6 nitrogen and oxygen atoms in total. The molecule has 7 heteroatoms. The van der Waals surface area contributed by atoms with Crippen LogP contribution in [0.2, 0.25) is 0 Å². The first kappa shape index (κ1) is 18.7. The van der Waals surface area contributed by atoms with Crippen molar-refractivity contribution >= 4 is 34.7 Å². The second-order valence-corrected chi connectivity index (χ2v) is 7.96. The van der Waals surface area contributed by atoms with Crippen LogP contribution in [-0.4, -0.2) is 37.9 Å². The van der Waals surface area contributed by atoms with Crippen molar-refractivity contribution in [1.82, 2.24) is 14.9 Å². The highest BCUT2D eigenvalue weighted by Crippen LogP contribution is 2.33. The molecule has 1 fully saturated rings. The predicted octanol–water partition coefficient (Wildman–Crippen LogP) is 4.54. The van der Waals surface area contributed by atoms with Gasteiger partial charge in [0.15, 0.2) is 5.82 Å². The van der Waals surface area contributed by atoms with Crippen molar-refractivity contribution in [2.45, 2.75) is 43.2 Å². The molecular weight excluding hydrogens is 372 g/mol. The van der Waals surface area contributed by atoms with Crippen LogP contribution >= 0.6 is 11.8 Å². The summed E-state index contributed by atoms with van der Waals surface area (Å²) in [4.78, 5) is 11.0. The molecule has 1 saturated carbocycles. The monoisotopic (exact) mass is 394 g/mol. The van der Waals surface area contributed by atoms with Crippen LogP contribution in [0.1, 0.15) is 49.4 Å². The minimum atomic E-state index is -0.878. The number of aliphatic carboxylic acids is 1. The van der Waals surface area contributed by atoms with Gasteiger partial charge in [0, 0.05) is 5.92 Å². The van der Waals surface area contributed by atoms with E-state index < -0.39 is 5.97 Å². The minimum absolute atomic E-state index is 0.0612. The second-order valence-electron chi connectivity index (χ2n) is 7.02. The molecule has 1 N–H and O–H groups in total. The number of carboxylic acids is 1. The Morgan fingerprint density at radius 3 is 2.71 bits per heavy atom. The largest absolute Gasteiger partial charge is 0.481 e. The quantitative estimate of drug-likeness (QED) is 0.490. The van der Waals surface area contributed by atoms with Crippen LogP contribution in [0.4, 0.5) is 0 Å². The molecule has 0 saturated heterocycles. The zero-order chi connectivity index (χ0) is 19.3. The van der Waals surface area contributed by atoms with Crippen molar-refractivity contribution in [3.05, 3.63) is 53.9 Å². The lowest BCUT2D eigenvalue weighted by Crippen LogP contribution is -2.11. The molecule has 144 valence electrons. The topological polar surface area (TPSA) is 80.4 Å². The fourth-order valence-corrected chi connectivity index (χ4v) is 4.24. The first-order valence-corrected chi connectivity index (χ1v) is 10.5. The van der Waals surface area contributed by atoms with Gasteiger partial charge in [-0.05, 0) is 35.2 Å². The van der Waals surface area contributed by atoms with Gasteiger partial charge in [-0.1, -0.05) is 67.4 Å². The van der Waals surface area contributed by atoms with Crippen molar-refractivity contribution in [3.63, 3.8) is 0 Å². The van der Waals surface area contributed by atoms with Crippen molar-refractivity contribution in [2.75, 3.05) is 5.75 Å². The van der Waals surface area contributed by atoms with Crippen LogP contribution in [0.3, 0.4) is 0 Å². The van der Waals surface area contributed by atoms with E-state index in [2.05, 4.69) is 39.6 Å². The Morgan fingerprint density at radius 1 is 1.14 bits per heavy atom. The zero-order valence-corrected chi connectivity index (χ0v) is 16.3. The fourth-order valence-electron chi connectivity index (χ4n) is 3.63. The van der Waals surface area contributed by atoms with E-state index >= 15 is 0 Å². The Morgan fingerprint density at radius 2 is 1.93 bits per heavy atom. The SMILES string of the molecule is O=C(O)CSc1nnc(C2CCCCC2)n1/N=C\c1ccc2ccccc2c1. The van der Waals surface area contributed by atoms with E-state index in [1.54, 1.807) is 10.9 Å². The van der Waals surface area contributed by atoms with Crippen LogP contribution in [-0.2, 0) is 4.79 Å². The molecule has 4 rings (SSSR count). The van der Waals surface area contributed by atoms with E-state index in [9.17, 15) is 4.79 Å². The third-order valence-electron chi connectivity index (χ3n) is 5.03. The molecular formula is C21H22N4O2S. The van der Waals surface area contributed by atoms with Gasteiger partial charge in [-0.25, -0.2) is 0 Å². The molecule has 0 unspecified atom stereocenters. The third-order valence-corrected chi connectivity index (χ3v) is 5.93. The summed E-state index contributed by atoms with van der Waals surface area (Å²) in [5, 5.41) is 25.1. The molecule has 28 heavy (non-hydrogen) atoms. The van der Waals surface area contributed by atoms with Crippen LogP contribution < -0.4 is 0 Å². The van der Waals surface area contributed by atoms with Gasteiger partial charge in [-0.3, -0.25) is 4.79 Å². The predicted molar refractivity (Wildman–Crippen MR) is 111 cm³/mol. The van der Waals surface area contributed by atoms with Crippen molar-refractivity contribution in [3.8, 4) is 0 Å². The maximum absolute atomic E-state index is 11.0. The van der Waals surface area contributed by atoms with Gasteiger partial charge in [0.25, 0.3) is 0 Å². The molecule has 0 atom stereocenters. The number of hydrogen-bond acceptors (Lipinski definition) is 5. The van der Waals surface area contributed by atoms with Gasteiger partial charge in [0.1, 0.15) is 0 Å². The molecule has 0 aliphatic heterocycles. The molecule has 1 aromatic heterocycles. The van der Waals surface area contributed by atoms with Crippen LogP contribution in [0.15, 0.2) is 52.7 Å². The molecule has 1 heterocycles. The van der Waals surface area contributed by atoms with E-state index in [4.69, 9.17) is 5.11 Å². The molecule has 0 bridgehead atoms. The minimum Gasteiger partial charge on any atom is -0.481 e. The van der Waals surface area contributed by atoms with Crippen LogP contribution in [0.25, 0.3) is 10.8 Å². The van der Waals surface area contributed by atoms with E-state index in [0.29, 0.717) is 11.1 Å². The highest BCUT2D eigenvalue weighted by Gasteiger charge is 2.23. The molecule has 0 amide bonds. The standard InChI is InChI=1S/C21H22N4O2S/c26-19(27)14-28-21-24-23-20(17-7-2-1-3-8-17)25(21)22-13-15-10-11-16-6-4-5-9-18(16)12-15/h4-6,9-13,17H,1-3,7-8,14H2,(H,26,27)/b22-13-. The van der Waals surface area contributed by atoms with E-state index in [1.165, 1.54) is 24.6 Å². The first-order valence-electron chi connectivity index (χ1n) is 9.54. The second kappa shape index (κ2) is 8.56. The average Bonchev–Trinajstić information content (AvgIpc) is 3.14. The summed E-state index contributed by atoms with van der Waals surface area (Å²) in [5.74, 6) is 0.227. The number of nitrogens with zero attached hydrogens (tertiary/aromatic N) is 4. The van der Waals surface area contributed by atoms with Crippen molar-refractivity contribution in [2.24, 2.45) is 5.10 Å². The Kier molecular flexibility index (Phi) is 5.71. The number of benzene rings is 2. The Bertz CT molecular complexity index is 1010. The summed E-state index contributed by atoms with van der Waals surface area (Å²) < 4.78 is 1.73. The zero-order valence-electron chi connectivity index (χ0n) is 15.5. The maximum Gasteiger partial charge on any atom is 0.313 e. The number of carboxylic acid groups (broad SMARTS) is 1. The first-order chi connectivity index (χ1) is 13.7. The number of hydrogen-bond donors (Lipinski definition) is 1. The Hall–Kier alpha value is -2.67. The molecule has 1 aliphatic carbocycles. The number of carbonyl (C=O) groups is 1. The van der Waals surface area contributed by atoms with E-state index in [0.717, 1.165) is 41.4 Å². The lowest BCUT2D eigenvalue weighted by molar-refractivity contribution is -0.133. The van der Waals surface area contributed by atoms with Gasteiger partial charge in [0.05, 0.1) is 12.0 Å². The number of rotatable bonds is 6. The van der Waals surface area contributed by atoms with Gasteiger partial charge in [0.2, 0.25) is 5.16 Å². The summed E-state index contributed by atoms with van der Waals surface area (Å²) in [7, 11) is 0. The molecule has 0 radical (unpaired) electrons. The maximum atomic E-state index is 11.0. The van der Waals surface area contributed by atoms with E-state index in [1.807, 2.05) is 18.2 Å². The van der Waals surface area contributed by atoms with Gasteiger partial charge in [-0.2, -0.15) is 9.78 Å². The Labute approximate surface area is 167 Å². The van der Waals surface area contributed by atoms with E-state index in [-0.39, 0.29) is 5.75 Å². The summed E-state index contributed by atoms with van der Waals surface area (Å²) in [5.41, 5.74) is 0.983. The highest BCUT2D eigenvalue weighted by atomic mass is 32.2. The highest BCUT2D eigenvalue weighted by molar-refractivity contribution is 7.99. The fraction of sp³-hybridized carbons (Fsp3) is 0.333. The summed E-state index contributed by atoms with van der Waals surface area (Å²) in [6, 6.07) is 14.4. The Balaban J connectivity index is 1.65. The van der Waals surface area contributed by atoms with Gasteiger partial charge >= 0.3 is 5.97 Å². The number of aromatic nitrogens is 3. The summed E-state index contributed by atoms with van der Waals surface area (Å²) in [6.45, 7) is 0. The summed E-state index contributed by atoms with van der Waals surface area (Å²) in [6.07, 6.45) is 7.58. The van der Waals surface area contributed by atoms with Gasteiger partial charge in [-0.15, -0.1) is 10.2 Å². The smallest absolute Gasteiger partial charge is 0.313 e. The van der Waals surface area contributed by atoms with Crippen molar-refractivity contribution in [1.29, 1.82) is 0 Å². The normalized spacial score (nSPS) is 15.4. The number of fused-ring (bicyclic) bond motifs is 1. The van der Waals surface area contributed by atoms with Crippen LogP contribution in [0.5, 0.6) is 0 Å². The lowest BCUT2D eigenvalue weighted by atomic mass is 9.89.